The number of nitrogens with zero attached hydrogens (tertiary/aromatic N) is 2. The van der Waals surface area contributed by atoms with Crippen LogP contribution in [0.25, 0.3) is 0 Å². The molecule has 0 aliphatic carbocycles. The summed E-state index contributed by atoms with van der Waals surface area (Å²) in [6.45, 7) is 2.84. The van der Waals surface area contributed by atoms with Crippen LogP contribution in [0.4, 0.5) is 17.3 Å². The Hall–Kier alpha value is -1.47. The quantitative estimate of drug-likeness (QED) is 0.590. The molecule has 0 fully saturated rings. The van der Waals surface area contributed by atoms with Gasteiger partial charge in [0.1, 0.15) is 17.4 Å². The largest absolute Gasteiger partial charge is 0.495 e. The normalized spacial score (nSPS) is 10.3. The van der Waals surface area contributed by atoms with Crippen LogP contribution in [0.2, 0.25) is 0 Å². The van der Waals surface area contributed by atoms with Gasteiger partial charge in [-0.05, 0) is 31.4 Å². The van der Waals surface area contributed by atoms with Crippen molar-refractivity contribution in [1.29, 1.82) is 0 Å². The van der Waals surface area contributed by atoms with Crippen LogP contribution in [0, 0.1) is 0 Å². The van der Waals surface area contributed by atoms with Gasteiger partial charge in [0.05, 0.1) is 12.8 Å². The maximum atomic E-state index is 5.36. The number of rotatable bonds is 6. The van der Waals surface area contributed by atoms with Gasteiger partial charge < -0.3 is 15.4 Å². The molecule has 21 heavy (non-hydrogen) atoms. The molecule has 0 radical (unpaired) electrons. The molecule has 0 aliphatic heterocycles. The Morgan fingerprint density at radius 3 is 2.67 bits per heavy atom. The molecule has 1 heterocycles. The Morgan fingerprint density at radius 1 is 1.24 bits per heavy atom. The molecule has 0 atom stereocenters. The zero-order chi connectivity index (χ0) is 15.2. The van der Waals surface area contributed by atoms with Gasteiger partial charge in [0.2, 0.25) is 0 Å². The van der Waals surface area contributed by atoms with Crippen molar-refractivity contribution in [2.24, 2.45) is 0 Å². The summed E-state index contributed by atoms with van der Waals surface area (Å²) in [4.78, 5) is 8.87. The summed E-state index contributed by atoms with van der Waals surface area (Å²) in [6.07, 6.45) is 1.95. The van der Waals surface area contributed by atoms with Crippen molar-refractivity contribution in [2.45, 2.75) is 12.1 Å². The number of nitrogens with one attached hydrogen (secondary N) is 2. The summed E-state index contributed by atoms with van der Waals surface area (Å²) in [5.74, 6) is 2.28. The Morgan fingerprint density at radius 2 is 2.00 bits per heavy atom. The van der Waals surface area contributed by atoms with Gasteiger partial charge in [-0.15, -0.1) is 0 Å². The van der Waals surface area contributed by atoms with E-state index in [-0.39, 0.29) is 0 Å². The topological polar surface area (TPSA) is 59.1 Å². The fraction of sp³-hybridized carbons (Fsp3) is 0.286. The van der Waals surface area contributed by atoms with Gasteiger partial charge in [-0.25, -0.2) is 9.97 Å². The summed E-state index contributed by atoms with van der Waals surface area (Å²) >= 11 is 4.97. The molecule has 2 aromatic rings. The molecule has 7 heteroatoms. The summed E-state index contributed by atoms with van der Waals surface area (Å²) < 4.78 is 6.33. The molecular weight excluding hydrogens is 352 g/mol. The van der Waals surface area contributed by atoms with Crippen LogP contribution in [0.5, 0.6) is 5.75 Å². The highest BCUT2D eigenvalue weighted by Gasteiger charge is 2.08. The van der Waals surface area contributed by atoms with E-state index in [9.17, 15) is 0 Å². The molecule has 0 amide bonds. The van der Waals surface area contributed by atoms with Crippen LogP contribution in [0.15, 0.2) is 33.9 Å². The van der Waals surface area contributed by atoms with Crippen LogP contribution < -0.4 is 15.4 Å². The van der Waals surface area contributed by atoms with Crippen LogP contribution in [0.1, 0.15) is 6.92 Å². The van der Waals surface area contributed by atoms with Crippen molar-refractivity contribution >= 4 is 45.0 Å². The van der Waals surface area contributed by atoms with Crippen LogP contribution in [-0.2, 0) is 0 Å². The van der Waals surface area contributed by atoms with Gasteiger partial charge in [-0.3, -0.25) is 0 Å². The third-order valence-electron chi connectivity index (χ3n) is 2.67. The van der Waals surface area contributed by atoms with Crippen LogP contribution in [-0.4, -0.2) is 29.9 Å². The van der Waals surface area contributed by atoms with E-state index in [4.69, 9.17) is 4.74 Å². The maximum absolute atomic E-state index is 5.36. The van der Waals surface area contributed by atoms with Crippen molar-refractivity contribution in [3.63, 3.8) is 0 Å². The van der Waals surface area contributed by atoms with Crippen molar-refractivity contribution in [3.05, 3.63) is 28.7 Å². The molecular formula is C14H17BrN4OS. The van der Waals surface area contributed by atoms with Crippen molar-refractivity contribution in [2.75, 3.05) is 30.5 Å². The monoisotopic (exact) mass is 368 g/mol. The standard InChI is InChI=1S/C14H17BrN4OS/c1-4-16-12-8-13(19-14(18-12)21-3)17-10-7-9(15)5-6-11(10)20-2/h5-8H,4H2,1-3H3,(H2,16,17,18,19). The van der Waals surface area contributed by atoms with Crippen molar-refractivity contribution in [1.82, 2.24) is 9.97 Å². The van der Waals surface area contributed by atoms with E-state index < -0.39 is 0 Å². The molecule has 112 valence electrons. The molecule has 1 aromatic carbocycles. The number of ether oxygens (including phenoxy) is 1. The number of benzene rings is 1. The lowest BCUT2D eigenvalue weighted by Gasteiger charge is -2.13. The first-order chi connectivity index (χ1) is 10.2. The highest BCUT2D eigenvalue weighted by atomic mass is 79.9. The van der Waals surface area contributed by atoms with E-state index >= 15 is 0 Å². The lowest BCUT2D eigenvalue weighted by atomic mass is 10.3. The van der Waals surface area contributed by atoms with E-state index in [2.05, 4.69) is 36.5 Å². The number of hydrogen-bond acceptors (Lipinski definition) is 6. The predicted molar refractivity (Wildman–Crippen MR) is 92.0 cm³/mol. The Labute approximate surface area is 137 Å². The Bertz CT molecular complexity index is 624. The van der Waals surface area contributed by atoms with Gasteiger partial charge in [0, 0.05) is 17.1 Å². The third kappa shape index (κ3) is 4.25. The van der Waals surface area contributed by atoms with E-state index in [0.29, 0.717) is 5.16 Å². The molecule has 5 nitrogen and oxygen atoms in total. The molecule has 2 N–H and O–H groups in total. The smallest absolute Gasteiger partial charge is 0.191 e. The molecule has 0 aliphatic rings. The molecule has 0 unspecified atom stereocenters. The van der Waals surface area contributed by atoms with Gasteiger partial charge in [-0.2, -0.15) is 0 Å². The molecule has 2 rings (SSSR count). The average Bonchev–Trinajstić information content (AvgIpc) is 2.47. The first kappa shape index (κ1) is 15.9. The van der Waals surface area contributed by atoms with E-state index in [1.807, 2.05) is 37.4 Å². The van der Waals surface area contributed by atoms with Crippen LogP contribution in [0.3, 0.4) is 0 Å². The highest BCUT2D eigenvalue weighted by Crippen LogP contribution is 2.31. The summed E-state index contributed by atoms with van der Waals surface area (Å²) in [5, 5.41) is 7.19. The van der Waals surface area contributed by atoms with Crippen molar-refractivity contribution in [3.8, 4) is 5.75 Å². The van der Waals surface area contributed by atoms with E-state index in [0.717, 1.165) is 34.1 Å². The Balaban J connectivity index is 2.34. The first-order valence-corrected chi connectivity index (χ1v) is 8.45. The maximum Gasteiger partial charge on any atom is 0.191 e. The van der Waals surface area contributed by atoms with Gasteiger partial charge >= 0.3 is 0 Å². The minimum absolute atomic E-state index is 0.713. The average molecular weight is 369 g/mol. The van der Waals surface area contributed by atoms with Gasteiger partial charge in [-0.1, -0.05) is 27.7 Å². The number of methoxy groups -OCH3 is 1. The second-order valence-corrected chi connectivity index (χ2v) is 5.81. The fourth-order valence-corrected chi connectivity index (χ4v) is 2.51. The van der Waals surface area contributed by atoms with Gasteiger partial charge in [0.25, 0.3) is 0 Å². The molecule has 0 saturated carbocycles. The lowest BCUT2D eigenvalue weighted by Crippen LogP contribution is -2.04. The van der Waals surface area contributed by atoms with Crippen molar-refractivity contribution < 1.29 is 4.74 Å². The van der Waals surface area contributed by atoms with Gasteiger partial charge in [0.15, 0.2) is 5.16 Å². The minimum Gasteiger partial charge on any atom is -0.495 e. The van der Waals surface area contributed by atoms with Crippen LogP contribution >= 0.6 is 27.7 Å². The highest BCUT2D eigenvalue weighted by molar-refractivity contribution is 9.10. The summed E-state index contributed by atoms with van der Waals surface area (Å²) in [5.41, 5.74) is 0.847. The SMILES string of the molecule is CCNc1cc(Nc2cc(Br)ccc2OC)nc(SC)n1. The molecule has 0 bridgehead atoms. The molecule has 0 saturated heterocycles. The number of aromatic nitrogens is 2. The zero-order valence-electron chi connectivity index (χ0n) is 12.1. The number of anilines is 3. The van der Waals surface area contributed by atoms with E-state index in [1.165, 1.54) is 11.8 Å². The van der Waals surface area contributed by atoms with E-state index in [1.54, 1.807) is 7.11 Å². The Kier molecular flexibility index (Phi) is 5.69. The lowest BCUT2D eigenvalue weighted by molar-refractivity contribution is 0.416. The molecule has 0 spiro atoms. The summed E-state index contributed by atoms with van der Waals surface area (Å²) in [6, 6.07) is 7.66. The fourth-order valence-electron chi connectivity index (χ4n) is 1.77. The first-order valence-electron chi connectivity index (χ1n) is 6.43. The second kappa shape index (κ2) is 7.51. The zero-order valence-corrected chi connectivity index (χ0v) is 14.5. The molecule has 1 aromatic heterocycles. The number of thioether (sulfide) groups is 1. The predicted octanol–water partition coefficient (Wildman–Crippen LogP) is 4.15. The summed E-state index contributed by atoms with van der Waals surface area (Å²) in [7, 11) is 1.64. The second-order valence-electron chi connectivity index (χ2n) is 4.13. The number of halogens is 1. The number of hydrogen-bond donors (Lipinski definition) is 2. The third-order valence-corrected chi connectivity index (χ3v) is 3.71. The minimum atomic E-state index is 0.713.